The van der Waals surface area contributed by atoms with Crippen LogP contribution in [0.1, 0.15) is 9.67 Å². The Kier molecular flexibility index (Phi) is 3.89. The summed E-state index contributed by atoms with van der Waals surface area (Å²) in [5.74, 6) is -0.515. The highest BCUT2D eigenvalue weighted by Gasteiger charge is 2.21. The summed E-state index contributed by atoms with van der Waals surface area (Å²) in [7, 11) is 5.22. The fourth-order valence-electron chi connectivity index (χ4n) is 1.62. The molecule has 2 N–H and O–H groups in total. The SMILES string of the molecule is CN(C)c1nc(N)c(C(=O)N(C)c2cccc(F)c2)s1. The number of thiazole rings is 1. The lowest BCUT2D eigenvalue weighted by molar-refractivity contribution is 0.0997. The maximum absolute atomic E-state index is 13.2. The van der Waals surface area contributed by atoms with Crippen LogP contribution in [-0.4, -0.2) is 32.0 Å². The van der Waals surface area contributed by atoms with E-state index in [4.69, 9.17) is 5.73 Å². The van der Waals surface area contributed by atoms with Crippen molar-refractivity contribution in [2.24, 2.45) is 0 Å². The molecule has 2 aromatic rings. The van der Waals surface area contributed by atoms with Gasteiger partial charge in [-0.25, -0.2) is 9.37 Å². The molecule has 0 atom stereocenters. The number of hydrogen-bond donors (Lipinski definition) is 1. The zero-order valence-electron chi connectivity index (χ0n) is 11.4. The lowest BCUT2D eigenvalue weighted by Crippen LogP contribution is -2.26. The van der Waals surface area contributed by atoms with Crippen molar-refractivity contribution in [1.82, 2.24) is 4.98 Å². The van der Waals surface area contributed by atoms with Crippen LogP contribution in [0, 0.1) is 5.82 Å². The fraction of sp³-hybridized carbons (Fsp3) is 0.231. The Morgan fingerprint density at radius 3 is 2.60 bits per heavy atom. The second kappa shape index (κ2) is 5.46. The van der Waals surface area contributed by atoms with Crippen molar-refractivity contribution in [2.45, 2.75) is 0 Å². The van der Waals surface area contributed by atoms with Crippen molar-refractivity contribution in [3.05, 3.63) is 35.0 Å². The molecule has 0 aliphatic rings. The Labute approximate surface area is 120 Å². The number of nitrogen functional groups attached to an aromatic ring is 1. The van der Waals surface area contributed by atoms with E-state index in [1.54, 1.807) is 24.1 Å². The Hall–Kier alpha value is -2.15. The van der Waals surface area contributed by atoms with Crippen LogP contribution in [0.2, 0.25) is 0 Å². The third-order valence-electron chi connectivity index (χ3n) is 2.72. The maximum atomic E-state index is 13.2. The standard InChI is InChI=1S/C13H15FN4OS/c1-17(2)13-16-11(15)10(20-13)12(19)18(3)9-6-4-5-8(14)7-9/h4-7H,15H2,1-3H3. The molecule has 7 heteroatoms. The predicted molar refractivity (Wildman–Crippen MR) is 80.0 cm³/mol. The lowest BCUT2D eigenvalue weighted by atomic mass is 10.3. The van der Waals surface area contributed by atoms with E-state index in [1.807, 2.05) is 14.1 Å². The van der Waals surface area contributed by atoms with Crippen LogP contribution in [0.5, 0.6) is 0 Å². The zero-order chi connectivity index (χ0) is 14.9. The molecule has 1 heterocycles. The number of benzene rings is 1. The molecule has 1 aromatic carbocycles. The molecule has 0 saturated heterocycles. The molecular formula is C13H15FN4OS. The summed E-state index contributed by atoms with van der Waals surface area (Å²) >= 11 is 1.21. The van der Waals surface area contributed by atoms with Gasteiger partial charge in [0.25, 0.3) is 5.91 Å². The normalized spacial score (nSPS) is 10.4. The van der Waals surface area contributed by atoms with Crippen molar-refractivity contribution >= 4 is 33.9 Å². The summed E-state index contributed by atoms with van der Waals surface area (Å²) in [5.41, 5.74) is 6.24. The first-order valence-corrected chi connectivity index (χ1v) is 6.69. The molecule has 0 spiro atoms. The summed E-state index contributed by atoms with van der Waals surface area (Å²) in [6, 6.07) is 5.83. The second-order valence-corrected chi connectivity index (χ2v) is 5.43. The van der Waals surface area contributed by atoms with Crippen molar-refractivity contribution < 1.29 is 9.18 Å². The molecule has 0 saturated carbocycles. The second-order valence-electron chi connectivity index (χ2n) is 4.45. The van der Waals surface area contributed by atoms with Gasteiger partial charge in [0, 0.05) is 26.8 Å². The third kappa shape index (κ3) is 2.72. The van der Waals surface area contributed by atoms with Crippen molar-refractivity contribution in [2.75, 3.05) is 36.7 Å². The van der Waals surface area contributed by atoms with Gasteiger partial charge in [0.05, 0.1) is 0 Å². The molecule has 2 rings (SSSR count). The van der Waals surface area contributed by atoms with Gasteiger partial charge in [-0.15, -0.1) is 0 Å². The first-order chi connectivity index (χ1) is 9.40. The summed E-state index contributed by atoms with van der Waals surface area (Å²) in [6.07, 6.45) is 0. The van der Waals surface area contributed by atoms with Gasteiger partial charge in [0.1, 0.15) is 16.5 Å². The Morgan fingerprint density at radius 2 is 2.05 bits per heavy atom. The minimum absolute atomic E-state index is 0.187. The van der Waals surface area contributed by atoms with Crippen molar-refractivity contribution in [3.63, 3.8) is 0 Å². The first kappa shape index (κ1) is 14.3. The van der Waals surface area contributed by atoms with E-state index in [2.05, 4.69) is 4.98 Å². The predicted octanol–water partition coefficient (Wildman–Crippen LogP) is 2.21. The number of halogens is 1. The summed E-state index contributed by atoms with van der Waals surface area (Å²) < 4.78 is 13.2. The molecule has 0 unspecified atom stereocenters. The Morgan fingerprint density at radius 1 is 1.35 bits per heavy atom. The number of anilines is 3. The smallest absolute Gasteiger partial charge is 0.272 e. The van der Waals surface area contributed by atoms with Gasteiger partial charge in [-0.1, -0.05) is 17.4 Å². The molecule has 5 nitrogen and oxygen atoms in total. The molecule has 0 aliphatic heterocycles. The van der Waals surface area contributed by atoms with Crippen LogP contribution in [-0.2, 0) is 0 Å². The lowest BCUT2D eigenvalue weighted by Gasteiger charge is -2.16. The highest BCUT2D eigenvalue weighted by molar-refractivity contribution is 7.18. The van der Waals surface area contributed by atoms with E-state index in [0.29, 0.717) is 15.7 Å². The number of aromatic nitrogens is 1. The van der Waals surface area contributed by atoms with Gasteiger partial charge in [-0.05, 0) is 18.2 Å². The van der Waals surface area contributed by atoms with E-state index in [9.17, 15) is 9.18 Å². The van der Waals surface area contributed by atoms with Gasteiger partial charge in [0.15, 0.2) is 5.13 Å². The number of nitrogens with zero attached hydrogens (tertiary/aromatic N) is 3. The monoisotopic (exact) mass is 294 g/mol. The van der Waals surface area contributed by atoms with Crippen LogP contribution in [0.3, 0.4) is 0 Å². The number of carbonyl (C=O) groups excluding carboxylic acids is 1. The quantitative estimate of drug-likeness (QED) is 0.942. The molecule has 1 amide bonds. The molecule has 0 bridgehead atoms. The maximum Gasteiger partial charge on any atom is 0.272 e. The van der Waals surface area contributed by atoms with E-state index in [1.165, 1.54) is 28.4 Å². The van der Waals surface area contributed by atoms with E-state index >= 15 is 0 Å². The highest BCUT2D eigenvalue weighted by atomic mass is 32.1. The van der Waals surface area contributed by atoms with Gasteiger partial charge >= 0.3 is 0 Å². The average Bonchev–Trinajstić information content (AvgIpc) is 2.79. The highest BCUT2D eigenvalue weighted by Crippen LogP contribution is 2.29. The van der Waals surface area contributed by atoms with E-state index in [-0.39, 0.29) is 11.7 Å². The van der Waals surface area contributed by atoms with Gasteiger partial charge in [-0.2, -0.15) is 0 Å². The number of amides is 1. The number of carbonyl (C=O) groups is 1. The van der Waals surface area contributed by atoms with E-state index in [0.717, 1.165) is 0 Å². The average molecular weight is 294 g/mol. The molecule has 0 radical (unpaired) electrons. The van der Waals surface area contributed by atoms with E-state index < -0.39 is 5.82 Å². The minimum Gasteiger partial charge on any atom is -0.382 e. The van der Waals surface area contributed by atoms with Gasteiger partial charge in [0.2, 0.25) is 0 Å². The Balaban J connectivity index is 2.31. The zero-order valence-corrected chi connectivity index (χ0v) is 12.2. The summed E-state index contributed by atoms with van der Waals surface area (Å²) in [4.78, 5) is 20.0. The summed E-state index contributed by atoms with van der Waals surface area (Å²) in [6.45, 7) is 0. The topological polar surface area (TPSA) is 62.5 Å². The molecule has 20 heavy (non-hydrogen) atoms. The fourth-order valence-corrected chi connectivity index (χ4v) is 2.50. The van der Waals surface area contributed by atoms with Gasteiger partial charge < -0.3 is 15.5 Å². The van der Waals surface area contributed by atoms with Crippen LogP contribution in [0.4, 0.5) is 21.0 Å². The van der Waals surface area contributed by atoms with Crippen LogP contribution >= 0.6 is 11.3 Å². The first-order valence-electron chi connectivity index (χ1n) is 5.87. The van der Waals surface area contributed by atoms with Gasteiger partial charge in [-0.3, -0.25) is 4.79 Å². The molecule has 0 aliphatic carbocycles. The third-order valence-corrected chi connectivity index (χ3v) is 3.95. The molecule has 106 valence electrons. The van der Waals surface area contributed by atoms with Crippen LogP contribution in [0.15, 0.2) is 24.3 Å². The Bertz CT molecular complexity index is 641. The van der Waals surface area contributed by atoms with Crippen LogP contribution in [0.25, 0.3) is 0 Å². The van der Waals surface area contributed by atoms with Crippen molar-refractivity contribution in [1.29, 1.82) is 0 Å². The number of rotatable bonds is 3. The molecule has 1 aromatic heterocycles. The number of nitrogens with two attached hydrogens (primary N) is 1. The minimum atomic E-state index is -0.395. The van der Waals surface area contributed by atoms with Crippen molar-refractivity contribution in [3.8, 4) is 0 Å². The molecule has 0 fully saturated rings. The molecular weight excluding hydrogens is 279 g/mol. The van der Waals surface area contributed by atoms with Crippen LogP contribution < -0.4 is 15.5 Å². The number of hydrogen-bond acceptors (Lipinski definition) is 5. The summed E-state index contributed by atoms with van der Waals surface area (Å²) in [5, 5.41) is 0.651. The largest absolute Gasteiger partial charge is 0.382 e.